The summed E-state index contributed by atoms with van der Waals surface area (Å²) in [4.78, 5) is 25.6. The number of nitrogens with one attached hydrogen (secondary N) is 1. The van der Waals surface area contributed by atoms with Crippen LogP contribution in [0, 0.1) is 28.6 Å². The van der Waals surface area contributed by atoms with Gasteiger partial charge in [-0.05, 0) is 75.8 Å². The summed E-state index contributed by atoms with van der Waals surface area (Å²) in [5.41, 5.74) is 0.163. The zero-order chi connectivity index (χ0) is 27.2. The number of esters is 1. The minimum absolute atomic E-state index is 0.0391. The van der Waals surface area contributed by atoms with Gasteiger partial charge in [0.2, 0.25) is 5.91 Å². The van der Waals surface area contributed by atoms with Gasteiger partial charge in [0.15, 0.2) is 0 Å². The molecule has 5 unspecified atom stereocenters. The second kappa shape index (κ2) is 9.96. The maximum Gasteiger partial charge on any atom is 0.482 e. The number of amides is 1. The van der Waals surface area contributed by atoms with Gasteiger partial charge in [0.1, 0.15) is 16.9 Å². The van der Waals surface area contributed by atoms with E-state index in [-0.39, 0.29) is 30.3 Å². The second-order valence-corrected chi connectivity index (χ2v) is 12.4. The Bertz CT molecular complexity index is 1090. The van der Waals surface area contributed by atoms with E-state index in [1.807, 2.05) is 32.9 Å². The topological polar surface area (TPSA) is 107 Å². The third kappa shape index (κ3) is 5.24. The molecule has 1 amide bonds. The minimum Gasteiger partial charge on any atom is -0.496 e. The van der Waals surface area contributed by atoms with Crippen molar-refractivity contribution in [2.24, 2.45) is 17.3 Å². The van der Waals surface area contributed by atoms with E-state index in [0.717, 1.165) is 18.4 Å². The molecule has 2 bridgehead atoms. The standard InChI is InChI=1S/C28H39BN2O6/c1-26(2,3)35-25(33)19-11-8-10-17(24(19)34-7)14-22(31-23(32)12-9-13-30)29-36-21-16-18-15-20(27(18,4)5)28(21,6)37-29/h8,10-11,18,20-22H,9,12,14-16H2,1-7H3,(H,31,32). The molecule has 200 valence electrons. The number of ether oxygens (including phenoxy) is 2. The Hall–Kier alpha value is -2.57. The molecule has 3 saturated carbocycles. The first-order chi connectivity index (χ1) is 17.3. The van der Waals surface area contributed by atoms with Gasteiger partial charge in [-0.25, -0.2) is 4.79 Å². The van der Waals surface area contributed by atoms with E-state index in [1.54, 1.807) is 12.1 Å². The normalized spacial score (nSPS) is 28.4. The van der Waals surface area contributed by atoms with Crippen molar-refractivity contribution in [3.63, 3.8) is 0 Å². The first-order valence-electron chi connectivity index (χ1n) is 13.2. The Kier molecular flexibility index (Phi) is 7.39. The molecule has 8 nitrogen and oxygen atoms in total. The molecule has 1 aromatic rings. The van der Waals surface area contributed by atoms with Crippen LogP contribution in [0.5, 0.6) is 5.75 Å². The molecule has 1 aromatic carbocycles. The van der Waals surface area contributed by atoms with Crippen molar-refractivity contribution in [1.29, 1.82) is 5.26 Å². The quantitative estimate of drug-likeness (QED) is 0.412. The highest BCUT2D eigenvalue weighted by Crippen LogP contribution is 2.65. The molecule has 1 heterocycles. The van der Waals surface area contributed by atoms with Gasteiger partial charge in [0.25, 0.3) is 0 Å². The summed E-state index contributed by atoms with van der Waals surface area (Å²) in [7, 11) is 0.854. The third-order valence-electron chi connectivity index (χ3n) is 8.47. The van der Waals surface area contributed by atoms with Crippen LogP contribution in [0.3, 0.4) is 0 Å². The zero-order valence-corrected chi connectivity index (χ0v) is 23.1. The van der Waals surface area contributed by atoms with Crippen LogP contribution in [-0.2, 0) is 25.3 Å². The number of hydrogen-bond donors (Lipinski definition) is 1. The first-order valence-corrected chi connectivity index (χ1v) is 13.2. The van der Waals surface area contributed by atoms with Gasteiger partial charge in [-0.15, -0.1) is 0 Å². The molecule has 4 fully saturated rings. The van der Waals surface area contributed by atoms with Crippen LogP contribution in [0.4, 0.5) is 0 Å². The average molecular weight is 510 g/mol. The summed E-state index contributed by atoms with van der Waals surface area (Å²) >= 11 is 0. The van der Waals surface area contributed by atoms with Crippen LogP contribution >= 0.6 is 0 Å². The Labute approximate surface area is 220 Å². The van der Waals surface area contributed by atoms with Crippen LogP contribution in [0.2, 0.25) is 0 Å². The summed E-state index contributed by atoms with van der Waals surface area (Å²) in [6.45, 7) is 12.2. The van der Waals surface area contributed by atoms with Crippen molar-refractivity contribution in [3.8, 4) is 11.8 Å². The number of carbonyl (C=O) groups excluding carboxylic acids is 2. The summed E-state index contributed by atoms with van der Waals surface area (Å²) in [5, 5.41) is 12.0. The molecular weight excluding hydrogens is 471 g/mol. The lowest BCUT2D eigenvalue weighted by Crippen LogP contribution is -2.65. The van der Waals surface area contributed by atoms with Crippen LogP contribution in [-0.4, -0.2) is 49.4 Å². The van der Waals surface area contributed by atoms with E-state index in [1.165, 1.54) is 7.11 Å². The predicted molar refractivity (Wildman–Crippen MR) is 139 cm³/mol. The zero-order valence-electron chi connectivity index (χ0n) is 23.1. The number of para-hydroxylation sites is 1. The van der Waals surface area contributed by atoms with Crippen molar-refractivity contribution >= 4 is 19.0 Å². The molecule has 37 heavy (non-hydrogen) atoms. The van der Waals surface area contributed by atoms with Gasteiger partial charge in [0, 0.05) is 12.8 Å². The van der Waals surface area contributed by atoms with Crippen LogP contribution in [0.15, 0.2) is 18.2 Å². The highest BCUT2D eigenvalue weighted by molar-refractivity contribution is 6.48. The maximum atomic E-state index is 12.9. The molecular formula is C28H39BN2O6. The summed E-state index contributed by atoms with van der Waals surface area (Å²) in [6, 6.07) is 7.34. The van der Waals surface area contributed by atoms with Crippen molar-refractivity contribution in [2.45, 2.75) is 96.9 Å². The monoisotopic (exact) mass is 510 g/mol. The molecule has 3 aliphatic carbocycles. The highest BCUT2D eigenvalue weighted by Gasteiger charge is 2.68. The summed E-state index contributed by atoms with van der Waals surface area (Å²) in [6.07, 6.45) is 2.56. The average Bonchev–Trinajstić information content (AvgIpc) is 3.18. The SMILES string of the molecule is COc1c(CC(NC(=O)CCC#N)B2OC3CC4CC(C4(C)C)C3(C)O2)cccc1C(=O)OC(C)(C)C. The number of nitrogens with zero attached hydrogens (tertiary/aromatic N) is 1. The van der Waals surface area contributed by atoms with Gasteiger partial charge < -0.3 is 24.1 Å². The molecule has 1 aliphatic heterocycles. The number of benzene rings is 1. The fourth-order valence-electron chi connectivity index (χ4n) is 6.45. The molecule has 9 heteroatoms. The molecule has 1 N–H and O–H groups in total. The highest BCUT2D eigenvalue weighted by atomic mass is 16.7. The lowest BCUT2D eigenvalue weighted by atomic mass is 9.43. The molecule has 1 saturated heterocycles. The molecule has 0 aromatic heterocycles. The van der Waals surface area contributed by atoms with Gasteiger partial charge in [0.05, 0.1) is 30.8 Å². The Balaban J connectivity index is 1.61. The number of carbonyl (C=O) groups is 2. The molecule has 0 radical (unpaired) electrons. The Morgan fingerprint density at radius 2 is 2.00 bits per heavy atom. The Morgan fingerprint density at radius 3 is 2.62 bits per heavy atom. The summed E-state index contributed by atoms with van der Waals surface area (Å²) < 4.78 is 24.4. The van der Waals surface area contributed by atoms with E-state index in [4.69, 9.17) is 24.0 Å². The van der Waals surface area contributed by atoms with Crippen LogP contribution in [0.25, 0.3) is 0 Å². The first kappa shape index (κ1) is 27.5. The number of hydrogen-bond acceptors (Lipinski definition) is 7. The van der Waals surface area contributed by atoms with Crippen molar-refractivity contribution in [1.82, 2.24) is 5.32 Å². The van der Waals surface area contributed by atoms with Gasteiger partial charge in [-0.1, -0.05) is 26.0 Å². The van der Waals surface area contributed by atoms with E-state index in [2.05, 4.69) is 26.1 Å². The lowest BCUT2D eigenvalue weighted by molar-refractivity contribution is -0.199. The van der Waals surface area contributed by atoms with Crippen LogP contribution < -0.4 is 10.1 Å². The fraction of sp³-hybridized carbons (Fsp3) is 0.679. The van der Waals surface area contributed by atoms with Crippen molar-refractivity contribution in [2.75, 3.05) is 7.11 Å². The number of rotatable bonds is 8. The van der Waals surface area contributed by atoms with Crippen molar-refractivity contribution in [3.05, 3.63) is 29.3 Å². The third-order valence-corrected chi connectivity index (χ3v) is 8.47. The number of methoxy groups -OCH3 is 1. The summed E-state index contributed by atoms with van der Waals surface area (Å²) in [5.74, 6) is 0.135. The molecule has 5 atom stereocenters. The second-order valence-electron chi connectivity index (χ2n) is 12.4. The minimum atomic E-state index is -0.661. The van der Waals surface area contributed by atoms with E-state index < -0.39 is 30.2 Å². The largest absolute Gasteiger partial charge is 0.496 e. The van der Waals surface area contributed by atoms with Crippen molar-refractivity contribution < 1.29 is 28.4 Å². The van der Waals surface area contributed by atoms with E-state index in [9.17, 15) is 9.59 Å². The lowest BCUT2D eigenvalue weighted by Gasteiger charge is -2.64. The van der Waals surface area contributed by atoms with Gasteiger partial charge in [-0.2, -0.15) is 5.26 Å². The Morgan fingerprint density at radius 1 is 1.27 bits per heavy atom. The smallest absolute Gasteiger partial charge is 0.482 e. The molecule has 0 spiro atoms. The van der Waals surface area contributed by atoms with Gasteiger partial charge in [-0.3, -0.25) is 4.79 Å². The molecule has 5 rings (SSSR count). The predicted octanol–water partition coefficient (Wildman–Crippen LogP) is 4.25. The van der Waals surface area contributed by atoms with E-state index >= 15 is 0 Å². The fourth-order valence-corrected chi connectivity index (χ4v) is 6.45. The van der Waals surface area contributed by atoms with Crippen LogP contribution in [0.1, 0.15) is 83.1 Å². The van der Waals surface area contributed by atoms with E-state index in [0.29, 0.717) is 29.6 Å². The molecule has 4 aliphatic rings. The van der Waals surface area contributed by atoms with Gasteiger partial charge >= 0.3 is 13.1 Å². The number of nitriles is 1. The maximum absolute atomic E-state index is 12.9.